The monoisotopic (exact) mass is 295 g/mol. The molecule has 3 nitrogen and oxygen atoms in total. The molecular formula is C15H16F3N3. The van der Waals surface area contributed by atoms with Crippen LogP contribution >= 0.6 is 0 Å². The molecule has 1 aromatic carbocycles. The average Bonchev–Trinajstić information content (AvgIpc) is 2.47. The molecule has 112 valence electrons. The first-order valence-electron chi connectivity index (χ1n) is 6.91. The molecule has 1 atom stereocenters. The van der Waals surface area contributed by atoms with Crippen molar-refractivity contribution in [3.8, 4) is 0 Å². The van der Waals surface area contributed by atoms with Crippen LogP contribution in [0.15, 0.2) is 30.5 Å². The molecule has 0 bridgehead atoms. The lowest BCUT2D eigenvalue weighted by atomic mass is 9.96. The number of rotatable bonds is 1. The highest BCUT2D eigenvalue weighted by molar-refractivity contribution is 5.97. The van der Waals surface area contributed by atoms with E-state index in [0.717, 1.165) is 10.9 Å². The number of aromatic nitrogens is 1. The second kappa shape index (κ2) is 5.09. The summed E-state index contributed by atoms with van der Waals surface area (Å²) in [6.07, 6.45) is -1.77. The molecule has 1 aliphatic rings. The van der Waals surface area contributed by atoms with Gasteiger partial charge in [0.25, 0.3) is 0 Å². The minimum atomic E-state index is -4.15. The molecule has 2 heterocycles. The van der Waals surface area contributed by atoms with E-state index in [-0.39, 0.29) is 13.0 Å². The van der Waals surface area contributed by atoms with E-state index in [1.165, 1.54) is 0 Å². The van der Waals surface area contributed by atoms with Gasteiger partial charge in [0.05, 0.1) is 22.8 Å². The van der Waals surface area contributed by atoms with Gasteiger partial charge in [0.2, 0.25) is 0 Å². The quantitative estimate of drug-likeness (QED) is 0.817. The van der Waals surface area contributed by atoms with Crippen LogP contribution < -0.4 is 10.6 Å². The van der Waals surface area contributed by atoms with E-state index in [1.807, 2.05) is 6.07 Å². The highest BCUT2D eigenvalue weighted by Crippen LogP contribution is 2.37. The Bertz CT molecular complexity index is 654. The molecule has 2 aromatic rings. The van der Waals surface area contributed by atoms with E-state index >= 15 is 0 Å². The minimum absolute atomic E-state index is 0.0283. The summed E-state index contributed by atoms with van der Waals surface area (Å²) in [5.74, 6) is -1.28. The molecule has 0 amide bonds. The molecule has 0 radical (unpaired) electrons. The number of pyridine rings is 1. The Morgan fingerprint density at radius 3 is 2.81 bits per heavy atom. The lowest BCUT2D eigenvalue weighted by Crippen LogP contribution is -2.42. The predicted molar refractivity (Wildman–Crippen MR) is 77.1 cm³/mol. The molecule has 0 aliphatic carbocycles. The number of hydrogen-bond acceptors (Lipinski definition) is 3. The van der Waals surface area contributed by atoms with E-state index in [0.29, 0.717) is 24.3 Å². The van der Waals surface area contributed by atoms with Crippen molar-refractivity contribution >= 4 is 22.3 Å². The first-order chi connectivity index (χ1) is 9.97. The van der Waals surface area contributed by atoms with Gasteiger partial charge in [-0.05, 0) is 37.1 Å². The number of piperidine rings is 1. The van der Waals surface area contributed by atoms with E-state index in [2.05, 4.69) is 4.98 Å². The van der Waals surface area contributed by atoms with E-state index in [4.69, 9.17) is 5.73 Å². The van der Waals surface area contributed by atoms with Gasteiger partial charge in [0.1, 0.15) is 0 Å². The van der Waals surface area contributed by atoms with Crippen LogP contribution in [0.4, 0.5) is 24.5 Å². The number of alkyl halides is 3. The first-order valence-corrected chi connectivity index (χ1v) is 6.91. The number of fused-ring (bicyclic) bond motifs is 1. The zero-order chi connectivity index (χ0) is 15.0. The molecule has 0 saturated carbocycles. The third-order valence-corrected chi connectivity index (χ3v) is 4.03. The Labute approximate surface area is 120 Å². The number of nitrogens with two attached hydrogens (primary N) is 1. The fourth-order valence-corrected chi connectivity index (χ4v) is 2.90. The summed E-state index contributed by atoms with van der Waals surface area (Å²) in [6, 6.07) is 7.19. The van der Waals surface area contributed by atoms with Crippen molar-refractivity contribution < 1.29 is 13.2 Å². The van der Waals surface area contributed by atoms with Crippen molar-refractivity contribution in [2.45, 2.75) is 19.0 Å². The third kappa shape index (κ3) is 2.62. The van der Waals surface area contributed by atoms with Gasteiger partial charge in [-0.3, -0.25) is 4.98 Å². The third-order valence-electron chi connectivity index (χ3n) is 4.03. The van der Waals surface area contributed by atoms with Gasteiger partial charge in [-0.1, -0.05) is 0 Å². The summed E-state index contributed by atoms with van der Waals surface area (Å²) in [7, 11) is 0. The molecule has 0 spiro atoms. The number of benzene rings is 1. The zero-order valence-electron chi connectivity index (χ0n) is 11.4. The van der Waals surface area contributed by atoms with Crippen LogP contribution in [0.5, 0.6) is 0 Å². The average molecular weight is 295 g/mol. The molecule has 1 fully saturated rings. The molecule has 1 aromatic heterocycles. The summed E-state index contributed by atoms with van der Waals surface area (Å²) >= 11 is 0. The van der Waals surface area contributed by atoms with Crippen molar-refractivity contribution in [2.75, 3.05) is 23.7 Å². The maximum absolute atomic E-state index is 12.9. The molecule has 1 saturated heterocycles. The van der Waals surface area contributed by atoms with Gasteiger partial charge < -0.3 is 10.6 Å². The normalized spacial score (nSPS) is 20.0. The maximum Gasteiger partial charge on any atom is 0.393 e. The van der Waals surface area contributed by atoms with E-state index in [9.17, 15) is 13.2 Å². The van der Waals surface area contributed by atoms with E-state index in [1.54, 1.807) is 29.3 Å². The van der Waals surface area contributed by atoms with Gasteiger partial charge in [-0.25, -0.2) is 0 Å². The molecule has 2 N–H and O–H groups in total. The van der Waals surface area contributed by atoms with Crippen molar-refractivity contribution in [3.63, 3.8) is 0 Å². The van der Waals surface area contributed by atoms with Gasteiger partial charge in [0.15, 0.2) is 0 Å². The standard InChI is InChI=1S/C15H16F3N3/c16-15(17,18)10-3-2-8-21(9-10)13-6-5-12-11(14(13)19)4-1-7-20-12/h1,4-7,10H,2-3,8-9,19H2. The first kappa shape index (κ1) is 14.0. The zero-order valence-corrected chi connectivity index (χ0v) is 11.4. The number of nitrogens with zero attached hydrogens (tertiary/aromatic N) is 2. The molecule has 1 aliphatic heterocycles. The molecule has 1 unspecified atom stereocenters. The molecule has 21 heavy (non-hydrogen) atoms. The Morgan fingerprint density at radius 2 is 2.05 bits per heavy atom. The van der Waals surface area contributed by atoms with Crippen molar-refractivity contribution in [1.29, 1.82) is 0 Å². The van der Waals surface area contributed by atoms with Crippen LogP contribution in [0.2, 0.25) is 0 Å². The van der Waals surface area contributed by atoms with E-state index < -0.39 is 12.1 Å². The van der Waals surface area contributed by atoms with Crippen molar-refractivity contribution in [1.82, 2.24) is 4.98 Å². The Kier molecular flexibility index (Phi) is 3.39. The Morgan fingerprint density at radius 1 is 1.24 bits per heavy atom. The van der Waals surface area contributed by atoms with Crippen LogP contribution in [0.3, 0.4) is 0 Å². The lowest BCUT2D eigenvalue weighted by Gasteiger charge is -2.36. The molecular weight excluding hydrogens is 279 g/mol. The topological polar surface area (TPSA) is 42.1 Å². The Balaban J connectivity index is 1.95. The van der Waals surface area contributed by atoms with Crippen LogP contribution in [-0.4, -0.2) is 24.2 Å². The SMILES string of the molecule is Nc1c(N2CCCC(C(F)(F)F)C2)ccc2ncccc12. The smallest absolute Gasteiger partial charge is 0.393 e. The highest BCUT2D eigenvalue weighted by Gasteiger charge is 2.42. The summed E-state index contributed by atoms with van der Waals surface area (Å²) in [6.45, 7) is 0.571. The second-order valence-electron chi connectivity index (χ2n) is 5.40. The summed E-state index contributed by atoms with van der Waals surface area (Å²) in [5.41, 5.74) is 8.07. The fourth-order valence-electron chi connectivity index (χ4n) is 2.90. The lowest BCUT2D eigenvalue weighted by molar-refractivity contribution is -0.175. The van der Waals surface area contributed by atoms with Crippen LogP contribution in [0, 0.1) is 5.92 Å². The highest BCUT2D eigenvalue weighted by atomic mass is 19.4. The van der Waals surface area contributed by atoms with Crippen LogP contribution in [0.25, 0.3) is 10.9 Å². The number of anilines is 2. The number of nitrogen functional groups attached to an aromatic ring is 1. The number of hydrogen-bond donors (Lipinski definition) is 1. The van der Waals surface area contributed by atoms with Gasteiger partial charge in [0, 0.05) is 24.7 Å². The Hall–Kier alpha value is -1.98. The van der Waals surface area contributed by atoms with Crippen molar-refractivity contribution in [2.24, 2.45) is 5.92 Å². The molecule has 6 heteroatoms. The predicted octanol–water partition coefficient (Wildman–Crippen LogP) is 3.60. The summed E-state index contributed by atoms with van der Waals surface area (Å²) in [5, 5.41) is 0.782. The van der Waals surface area contributed by atoms with Gasteiger partial charge in [-0.2, -0.15) is 13.2 Å². The van der Waals surface area contributed by atoms with Crippen LogP contribution in [0.1, 0.15) is 12.8 Å². The number of halogens is 3. The summed E-state index contributed by atoms with van der Waals surface area (Å²) in [4.78, 5) is 5.94. The maximum atomic E-state index is 12.9. The van der Waals surface area contributed by atoms with Gasteiger partial charge in [-0.15, -0.1) is 0 Å². The van der Waals surface area contributed by atoms with Crippen LogP contribution in [-0.2, 0) is 0 Å². The minimum Gasteiger partial charge on any atom is -0.396 e. The largest absolute Gasteiger partial charge is 0.396 e. The van der Waals surface area contributed by atoms with Gasteiger partial charge >= 0.3 is 6.18 Å². The van der Waals surface area contributed by atoms with Crippen molar-refractivity contribution in [3.05, 3.63) is 30.5 Å². The second-order valence-corrected chi connectivity index (χ2v) is 5.40. The fraction of sp³-hybridized carbons (Fsp3) is 0.400. The summed E-state index contributed by atoms with van der Waals surface area (Å²) < 4.78 is 38.7. The molecule has 3 rings (SSSR count).